The third kappa shape index (κ3) is 2.90. The van der Waals surface area contributed by atoms with Crippen LogP contribution < -0.4 is 5.63 Å². The van der Waals surface area contributed by atoms with Gasteiger partial charge in [0.15, 0.2) is 0 Å². The van der Waals surface area contributed by atoms with Gasteiger partial charge in [-0.1, -0.05) is 0 Å². The Morgan fingerprint density at radius 3 is 2.30 bits per heavy atom. The van der Waals surface area contributed by atoms with E-state index in [1.807, 2.05) is 26.0 Å². The van der Waals surface area contributed by atoms with Gasteiger partial charge in [0.25, 0.3) is 0 Å². The van der Waals surface area contributed by atoms with Crippen LogP contribution in [0.25, 0.3) is 11.0 Å². The van der Waals surface area contributed by atoms with Gasteiger partial charge in [0.05, 0.1) is 5.92 Å². The molecule has 4 nitrogen and oxygen atoms in total. The molecule has 1 aromatic carbocycles. The molecule has 4 heteroatoms. The molecule has 4 aliphatic rings. The van der Waals surface area contributed by atoms with Crippen molar-refractivity contribution < 1.29 is 13.9 Å². The Balaban J connectivity index is 1.38. The largest absolute Gasteiger partial charge is 0.461 e. The average Bonchev–Trinajstić information content (AvgIpc) is 2.60. The first kappa shape index (κ1) is 17.0. The average molecular weight is 366 g/mol. The Labute approximate surface area is 158 Å². The predicted molar refractivity (Wildman–Crippen MR) is 102 cm³/mol. The monoisotopic (exact) mass is 366 g/mol. The normalized spacial score (nSPS) is 31.4. The molecular weight excluding hydrogens is 340 g/mol. The second-order valence-electron chi connectivity index (χ2n) is 9.09. The summed E-state index contributed by atoms with van der Waals surface area (Å²) in [6, 6.07) is 5.36. The fraction of sp³-hybridized carbons (Fsp3) is 0.565. The molecule has 142 valence electrons. The van der Waals surface area contributed by atoms with Crippen molar-refractivity contribution in [2.45, 2.75) is 52.6 Å². The summed E-state index contributed by atoms with van der Waals surface area (Å²) in [5, 5.41) is 0.857. The fourth-order valence-corrected chi connectivity index (χ4v) is 6.16. The van der Waals surface area contributed by atoms with E-state index in [1.54, 1.807) is 0 Å². The second kappa shape index (κ2) is 6.22. The number of ether oxygens (including phenoxy) is 1. The van der Waals surface area contributed by atoms with Crippen molar-refractivity contribution in [1.82, 2.24) is 0 Å². The minimum absolute atomic E-state index is 0.0611. The van der Waals surface area contributed by atoms with Crippen molar-refractivity contribution >= 4 is 16.9 Å². The Bertz CT molecular complexity index is 942. The summed E-state index contributed by atoms with van der Waals surface area (Å²) in [6.07, 6.45) is 6.16. The highest BCUT2D eigenvalue weighted by atomic mass is 16.5. The highest BCUT2D eigenvalue weighted by Gasteiger charge is 2.51. The molecule has 6 rings (SSSR count). The summed E-state index contributed by atoms with van der Waals surface area (Å²) in [7, 11) is 0. The molecule has 0 aliphatic heterocycles. The summed E-state index contributed by atoms with van der Waals surface area (Å²) in [5.41, 5.74) is 3.11. The van der Waals surface area contributed by atoms with Crippen molar-refractivity contribution in [2.24, 2.45) is 29.6 Å². The van der Waals surface area contributed by atoms with Crippen LogP contribution in [0.1, 0.15) is 48.8 Å². The van der Waals surface area contributed by atoms with Gasteiger partial charge < -0.3 is 9.15 Å². The molecule has 0 radical (unpaired) electrons. The van der Waals surface area contributed by atoms with E-state index in [0.717, 1.165) is 33.9 Å². The topological polar surface area (TPSA) is 56.5 Å². The zero-order valence-electron chi connectivity index (χ0n) is 16.0. The second-order valence-corrected chi connectivity index (χ2v) is 9.09. The van der Waals surface area contributed by atoms with E-state index in [2.05, 4.69) is 0 Å². The van der Waals surface area contributed by atoms with E-state index in [0.29, 0.717) is 17.4 Å². The van der Waals surface area contributed by atoms with Crippen LogP contribution in [0.4, 0.5) is 0 Å². The number of rotatable bonds is 3. The van der Waals surface area contributed by atoms with E-state index in [9.17, 15) is 9.59 Å². The minimum Gasteiger partial charge on any atom is -0.461 e. The van der Waals surface area contributed by atoms with Gasteiger partial charge in [0, 0.05) is 17.0 Å². The summed E-state index contributed by atoms with van der Waals surface area (Å²) < 4.78 is 11.1. The fourth-order valence-electron chi connectivity index (χ4n) is 6.16. The van der Waals surface area contributed by atoms with E-state index < -0.39 is 5.63 Å². The molecule has 27 heavy (non-hydrogen) atoms. The lowest BCUT2D eigenvalue weighted by Crippen LogP contribution is -2.48. The smallest absolute Gasteiger partial charge is 0.336 e. The molecule has 0 spiro atoms. The highest BCUT2D eigenvalue weighted by molar-refractivity contribution is 5.82. The Morgan fingerprint density at radius 2 is 1.63 bits per heavy atom. The van der Waals surface area contributed by atoms with Gasteiger partial charge in [-0.05, 0) is 92.9 Å². The maximum atomic E-state index is 12.9. The third-order valence-corrected chi connectivity index (χ3v) is 7.31. The highest BCUT2D eigenvalue weighted by Crippen LogP contribution is 2.56. The number of aryl methyl sites for hydroxylation is 2. The van der Waals surface area contributed by atoms with Crippen LogP contribution in [0.15, 0.2) is 27.4 Å². The van der Waals surface area contributed by atoms with Crippen molar-refractivity contribution in [3.05, 3.63) is 45.3 Å². The number of esters is 1. The zero-order valence-corrected chi connectivity index (χ0v) is 16.0. The summed E-state index contributed by atoms with van der Waals surface area (Å²) in [6.45, 7) is 4.17. The number of carbonyl (C=O) groups excluding carboxylic acids is 1. The van der Waals surface area contributed by atoms with Gasteiger partial charge >= 0.3 is 11.6 Å². The first-order valence-electron chi connectivity index (χ1n) is 10.2. The van der Waals surface area contributed by atoms with Gasteiger partial charge in [-0.15, -0.1) is 0 Å². The van der Waals surface area contributed by atoms with Crippen LogP contribution in [0, 0.1) is 43.4 Å². The van der Waals surface area contributed by atoms with Crippen LogP contribution in [0.5, 0.6) is 0 Å². The maximum Gasteiger partial charge on any atom is 0.336 e. The van der Waals surface area contributed by atoms with Crippen molar-refractivity contribution in [2.75, 3.05) is 0 Å². The molecule has 1 aromatic heterocycles. The van der Waals surface area contributed by atoms with Gasteiger partial charge in [-0.25, -0.2) is 4.79 Å². The summed E-state index contributed by atoms with van der Waals surface area (Å²) in [5.74, 6) is 2.70. The van der Waals surface area contributed by atoms with Crippen molar-refractivity contribution in [1.29, 1.82) is 0 Å². The Hall–Kier alpha value is -2.10. The quantitative estimate of drug-likeness (QED) is 0.592. The molecule has 0 atom stereocenters. The van der Waals surface area contributed by atoms with Crippen molar-refractivity contribution in [3.63, 3.8) is 0 Å². The van der Waals surface area contributed by atoms with Crippen LogP contribution in [0.3, 0.4) is 0 Å². The molecule has 1 heterocycles. The minimum atomic E-state index is -0.397. The molecule has 4 saturated carbocycles. The summed E-state index contributed by atoms with van der Waals surface area (Å²) >= 11 is 0. The molecular formula is C23H26O4. The van der Waals surface area contributed by atoms with E-state index in [-0.39, 0.29) is 18.5 Å². The Kier molecular flexibility index (Phi) is 3.92. The molecule has 0 N–H and O–H groups in total. The number of benzene rings is 1. The van der Waals surface area contributed by atoms with Crippen LogP contribution in [-0.2, 0) is 16.1 Å². The van der Waals surface area contributed by atoms with Crippen LogP contribution >= 0.6 is 0 Å². The van der Waals surface area contributed by atoms with E-state index >= 15 is 0 Å². The standard InChI is InChI=1S/C23H26O4/c1-12-3-19-18(10-21(24)27-20(19)4-13(12)2)11-26-23(25)22-16-6-14-5-15(8-16)9-17(22)7-14/h3-4,10,14-17,22H,5-9,11H2,1-2H3. The molecule has 4 bridgehead atoms. The van der Waals surface area contributed by atoms with E-state index in [4.69, 9.17) is 9.15 Å². The predicted octanol–water partition coefficient (Wildman–Crippen LogP) is 4.53. The molecule has 0 unspecified atom stereocenters. The van der Waals surface area contributed by atoms with E-state index in [1.165, 1.54) is 38.2 Å². The Morgan fingerprint density at radius 1 is 1.00 bits per heavy atom. The molecule has 2 aromatic rings. The third-order valence-electron chi connectivity index (χ3n) is 7.31. The SMILES string of the molecule is Cc1cc2oc(=O)cc(COC(=O)C3C4CC5CC(C4)CC3C5)c2cc1C. The van der Waals surface area contributed by atoms with Gasteiger partial charge in [-0.3, -0.25) is 4.79 Å². The molecule has 4 fully saturated rings. The number of carbonyl (C=O) groups is 1. The molecule has 0 saturated heterocycles. The maximum absolute atomic E-state index is 12.9. The van der Waals surface area contributed by atoms with Gasteiger partial charge in [0.2, 0.25) is 0 Å². The van der Waals surface area contributed by atoms with Crippen LogP contribution in [-0.4, -0.2) is 5.97 Å². The lowest BCUT2D eigenvalue weighted by molar-refractivity contribution is -0.163. The first-order chi connectivity index (χ1) is 13.0. The molecule has 4 aliphatic carbocycles. The number of fused-ring (bicyclic) bond motifs is 1. The first-order valence-corrected chi connectivity index (χ1v) is 10.2. The number of hydrogen-bond donors (Lipinski definition) is 0. The summed E-state index contributed by atoms with van der Waals surface area (Å²) in [4.78, 5) is 24.9. The zero-order chi connectivity index (χ0) is 18.7. The van der Waals surface area contributed by atoms with Gasteiger partial charge in [-0.2, -0.15) is 0 Å². The molecule has 0 amide bonds. The van der Waals surface area contributed by atoms with Crippen LogP contribution in [0.2, 0.25) is 0 Å². The van der Waals surface area contributed by atoms with Gasteiger partial charge in [0.1, 0.15) is 12.2 Å². The lowest BCUT2D eigenvalue weighted by atomic mass is 9.52. The number of hydrogen-bond acceptors (Lipinski definition) is 4. The lowest BCUT2D eigenvalue weighted by Gasteiger charge is -2.53. The van der Waals surface area contributed by atoms with Crippen molar-refractivity contribution in [3.8, 4) is 0 Å².